The zero-order valence-corrected chi connectivity index (χ0v) is 12.9. The Bertz CT molecular complexity index is 590. The molecule has 6 nitrogen and oxygen atoms in total. The number of nitrogens with zero attached hydrogens (tertiary/aromatic N) is 2. The average Bonchev–Trinajstić information content (AvgIpc) is 2.53. The number of rotatable bonds is 3. The van der Waals surface area contributed by atoms with E-state index in [0.717, 1.165) is 24.4 Å². The van der Waals surface area contributed by atoms with E-state index in [-0.39, 0.29) is 17.9 Å². The molecule has 2 aliphatic rings. The second-order valence-corrected chi connectivity index (χ2v) is 5.86. The van der Waals surface area contributed by atoms with Crippen molar-refractivity contribution < 1.29 is 14.3 Å². The second kappa shape index (κ2) is 5.96. The van der Waals surface area contributed by atoms with Gasteiger partial charge in [0.15, 0.2) is 0 Å². The minimum Gasteiger partial charge on any atom is -0.497 e. The van der Waals surface area contributed by atoms with E-state index in [4.69, 9.17) is 4.74 Å². The average molecular weight is 303 g/mol. The Morgan fingerprint density at radius 3 is 2.91 bits per heavy atom. The highest BCUT2D eigenvalue weighted by molar-refractivity contribution is 5.97. The highest BCUT2D eigenvalue weighted by Gasteiger charge is 2.41. The Labute approximate surface area is 130 Å². The fourth-order valence-corrected chi connectivity index (χ4v) is 3.12. The first kappa shape index (κ1) is 14.8. The number of hydrogen-bond acceptors (Lipinski definition) is 4. The third-order valence-electron chi connectivity index (χ3n) is 4.32. The summed E-state index contributed by atoms with van der Waals surface area (Å²) in [4.78, 5) is 28.2. The molecule has 0 bridgehead atoms. The van der Waals surface area contributed by atoms with E-state index in [1.165, 1.54) is 0 Å². The minimum atomic E-state index is -0.409. The number of amides is 2. The van der Waals surface area contributed by atoms with Gasteiger partial charge in [0.25, 0.3) is 0 Å². The van der Waals surface area contributed by atoms with E-state index in [1.54, 1.807) is 18.9 Å². The number of methoxy groups -OCH3 is 1. The molecule has 0 saturated carbocycles. The Kier molecular flexibility index (Phi) is 4.02. The molecular weight excluding hydrogens is 282 g/mol. The Balaban J connectivity index is 1.68. The first-order chi connectivity index (χ1) is 10.6. The van der Waals surface area contributed by atoms with E-state index >= 15 is 0 Å². The van der Waals surface area contributed by atoms with Crippen LogP contribution in [-0.2, 0) is 16.1 Å². The topological polar surface area (TPSA) is 61.9 Å². The van der Waals surface area contributed by atoms with Crippen LogP contribution in [0.5, 0.6) is 5.75 Å². The fourth-order valence-electron chi connectivity index (χ4n) is 3.12. The largest absolute Gasteiger partial charge is 0.497 e. The lowest BCUT2D eigenvalue weighted by molar-refractivity contribution is -0.152. The standard InChI is InChI=1S/C16H21N3O3/c1-11-16(21)19-7-6-18(10-14(19)15(20)17-11)9-12-4-3-5-13(8-12)22-2/h3-5,8,11,14H,6-7,9-10H2,1-2H3,(H,17,20)/t11-,14+/m0/s1. The van der Waals surface area contributed by atoms with Gasteiger partial charge in [0.2, 0.25) is 11.8 Å². The molecule has 0 spiro atoms. The number of nitrogens with one attached hydrogen (secondary N) is 1. The predicted molar refractivity (Wildman–Crippen MR) is 81.4 cm³/mol. The third kappa shape index (κ3) is 2.78. The molecule has 3 rings (SSSR count). The number of carbonyl (C=O) groups is 2. The Morgan fingerprint density at radius 2 is 2.14 bits per heavy atom. The van der Waals surface area contributed by atoms with Gasteiger partial charge >= 0.3 is 0 Å². The smallest absolute Gasteiger partial charge is 0.245 e. The third-order valence-corrected chi connectivity index (χ3v) is 4.32. The highest BCUT2D eigenvalue weighted by atomic mass is 16.5. The maximum absolute atomic E-state index is 12.1. The van der Waals surface area contributed by atoms with Crippen molar-refractivity contribution >= 4 is 11.8 Å². The zero-order valence-electron chi connectivity index (χ0n) is 12.9. The normalized spacial score (nSPS) is 25.6. The summed E-state index contributed by atoms with van der Waals surface area (Å²) in [6.07, 6.45) is 0. The van der Waals surface area contributed by atoms with Crippen molar-refractivity contribution in [2.75, 3.05) is 26.7 Å². The van der Waals surface area contributed by atoms with E-state index in [9.17, 15) is 9.59 Å². The van der Waals surface area contributed by atoms with Crippen molar-refractivity contribution in [3.63, 3.8) is 0 Å². The van der Waals surface area contributed by atoms with Crippen LogP contribution in [-0.4, -0.2) is 60.4 Å². The molecule has 2 aliphatic heterocycles. The van der Waals surface area contributed by atoms with Crippen LogP contribution in [0.2, 0.25) is 0 Å². The number of benzene rings is 1. The summed E-state index contributed by atoms with van der Waals surface area (Å²) in [6, 6.07) is 7.14. The van der Waals surface area contributed by atoms with Gasteiger partial charge in [-0.05, 0) is 24.6 Å². The molecule has 0 unspecified atom stereocenters. The molecular formula is C16H21N3O3. The van der Waals surface area contributed by atoms with Gasteiger partial charge in [-0.25, -0.2) is 0 Å². The summed E-state index contributed by atoms with van der Waals surface area (Å²) >= 11 is 0. The zero-order chi connectivity index (χ0) is 15.7. The van der Waals surface area contributed by atoms with Gasteiger partial charge in [0, 0.05) is 26.2 Å². The number of hydrogen-bond donors (Lipinski definition) is 1. The van der Waals surface area contributed by atoms with E-state index in [0.29, 0.717) is 13.1 Å². The first-order valence-electron chi connectivity index (χ1n) is 7.54. The van der Waals surface area contributed by atoms with Crippen LogP contribution in [0.15, 0.2) is 24.3 Å². The summed E-state index contributed by atoms with van der Waals surface area (Å²) in [6.45, 7) is 4.43. The SMILES string of the molecule is COc1cccc(CN2CCN3C(=O)[C@H](C)NC(=O)[C@H]3C2)c1. The molecule has 1 aromatic carbocycles. The van der Waals surface area contributed by atoms with Gasteiger partial charge in [-0.3, -0.25) is 14.5 Å². The van der Waals surface area contributed by atoms with Crippen molar-refractivity contribution in [1.82, 2.24) is 15.1 Å². The molecule has 22 heavy (non-hydrogen) atoms. The molecule has 1 aromatic rings. The van der Waals surface area contributed by atoms with Crippen molar-refractivity contribution in [3.05, 3.63) is 29.8 Å². The lowest BCUT2D eigenvalue weighted by Crippen LogP contribution is -2.68. The molecule has 118 valence electrons. The summed E-state index contributed by atoms with van der Waals surface area (Å²) in [5.41, 5.74) is 1.14. The molecule has 6 heteroatoms. The Hall–Kier alpha value is -2.08. The maximum atomic E-state index is 12.1. The lowest BCUT2D eigenvalue weighted by Gasteiger charge is -2.44. The van der Waals surface area contributed by atoms with Gasteiger partial charge in [-0.1, -0.05) is 12.1 Å². The van der Waals surface area contributed by atoms with Gasteiger partial charge in [-0.2, -0.15) is 0 Å². The van der Waals surface area contributed by atoms with Crippen LogP contribution < -0.4 is 10.1 Å². The molecule has 0 aliphatic carbocycles. The molecule has 2 amide bonds. The van der Waals surface area contributed by atoms with Crippen LogP contribution in [0.1, 0.15) is 12.5 Å². The van der Waals surface area contributed by atoms with Crippen molar-refractivity contribution in [2.24, 2.45) is 0 Å². The molecule has 1 N–H and O–H groups in total. The predicted octanol–water partition coefficient (Wildman–Crippen LogP) is 0.226. The quantitative estimate of drug-likeness (QED) is 0.868. The Morgan fingerprint density at radius 1 is 1.32 bits per heavy atom. The summed E-state index contributed by atoms with van der Waals surface area (Å²) in [7, 11) is 1.65. The molecule has 2 fully saturated rings. The van der Waals surface area contributed by atoms with Crippen LogP contribution >= 0.6 is 0 Å². The van der Waals surface area contributed by atoms with Crippen LogP contribution in [0.4, 0.5) is 0 Å². The molecule has 2 heterocycles. The van der Waals surface area contributed by atoms with Gasteiger partial charge in [-0.15, -0.1) is 0 Å². The highest BCUT2D eigenvalue weighted by Crippen LogP contribution is 2.19. The van der Waals surface area contributed by atoms with Crippen molar-refractivity contribution in [2.45, 2.75) is 25.6 Å². The van der Waals surface area contributed by atoms with E-state index in [1.807, 2.05) is 24.3 Å². The number of fused-ring (bicyclic) bond motifs is 1. The number of ether oxygens (including phenoxy) is 1. The summed E-state index contributed by atoms with van der Waals surface area (Å²) < 4.78 is 5.24. The lowest BCUT2D eigenvalue weighted by atomic mass is 10.0. The van der Waals surface area contributed by atoms with Gasteiger partial charge in [0.05, 0.1) is 7.11 Å². The number of piperazine rings is 2. The van der Waals surface area contributed by atoms with Crippen molar-refractivity contribution in [3.8, 4) is 5.75 Å². The van der Waals surface area contributed by atoms with Gasteiger partial charge < -0.3 is 15.0 Å². The molecule has 2 saturated heterocycles. The van der Waals surface area contributed by atoms with Gasteiger partial charge in [0.1, 0.15) is 17.8 Å². The van der Waals surface area contributed by atoms with E-state index in [2.05, 4.69) is 10.2 Å². The molecule has 2 atom stereocenters. The maximum Gasteiger partial charge on any atom is 0.245 e. The van der Waals surface area contributed by atoms with Crippen LogP contribution in [0.3, 0.4) is 0 Å². The second-order valence-electron chi connectivity index (χ2n) is 5.86. The number of carbonyl (C=O) groups excluding carboxylic acids is 2. The monoisotopic (exact) mass is 303 g/mol. The van der Waals surface area contributed by atoms with Crippen LogP contribution in [0, 0.1) is 0 Å². The van der Waals surface area contributed by atoms with E-state index < -0.39 is 6.04 Å². The van der Waals surface area contributed by atoms with Crippen LogP contribution in [0.25, 0.3) is 0 Å². The summed E-state index contributed by atoms with van der Waals surface area (Å²) in [5.74, 6) is 0.795. The molecule has 0 aromatic heterocycles. The fraction of sp³-hybridized carbons (Fsp3) is 0.500. The minimum absolute atomic E-state index is 0.0191. The van der Waals surface area contributed by atoms with Crippen molar-refractivity contribution in [1.29, 1.82) is 0 Å². The molecule has 0 radical (unpaired) electrons. The first-order valence-corrected chi connectivity index (χ1v) is 7.54. The summed E-state index contributed by atoms with van der Waals surface area (Å²) in [5, 5.41) is 2.75.